The molecule has 0 amide bonds. The van der Waals surface area contributed by atoms with Crippen LogP contribution in [0.15, 0.2) is 48.2 Å². The van der Waals surface area contributed by atoms with Crippen LogP contribution >= 0.6 is 75.3 Å². The van der Waals surface area contributed by atoms with Gasteiger partial charge >= 0.3 is 7.12 Å². The second-order valence-corrected chi connectivity index (χ2v) is 10.8. The third-order valence-electron chi connectivity index (χ3n) is 4.53. The summed E-state index contributed by atoms with van der Waals surface area (Å²) >= 11 is 19.5. The quantitative estimate of drug-likeness (QED) is 0.194. The van der Waals surface area contributed by atoms with Crippen LogP contribution in [0.3, 0.4) is 0 Å². The van der Waals surface area contributed by atoms with Crippen molar-refractivity contribution in [3.63, 3.8) is 0 Å². The van der Waals surface area contributed by atoms with E-state index in [2.05, 4.69) is 63.7 Å². The predicted octanol–water partition coefficient (Wildman–Crippen LogP) is 7.59. The van der Waals surface area contributed by atoms with Gasteiger partial charge < -0.3 is 15.0 Å². The highest BCUT2D eigenvalue weighted by molar-refractivity contribution is 9.11. The van der Waals surface area contributed by atoms with Crippen LogP contribution in [-0.2, 0) is 9.31 Å². The zero-order valence-corrected chi connectivity index (χ0v) is 22.3. The third kappa shape index (κ3) is 5.99. The second kappa shape index (κ2) is 10.2. The first-order valence-electron chi connectivity index (χ1n) is 8.05. The zero-order valence-electron chi connectivity index (χ0n) is 15.2. The minimum Gasteiger partial charge on any atom is -0.399 e. The molecule has 0 aromatic heterocycles. The molecule has 0 radical (unpaired) electrons. The SMILES string of the molecule is C.CC1(C)OB(c2cc(Br)c(Cl)c(Br)c2)OC1(C)C.Nc1c(Br)cccc1Br. The minimum atomic E-state index is -0.375. The van der Waals surface area contributed by atoms with Gasteiger partial charge in [-0.1, -0.05) is 25.1 Å². The summed E-state index contributed by atoms with van der Waals surface area (Å²) in [7, 11) is -0.375. The molecule has 1 saturated heterocycles. The maximum absolute atomic E-state index is 6.09. The summed E-state index contributed by atoms with van der Waals surface area (Å²) in [6.45, 7) is 8.14. The molecule has 1 aliphatic heterocycles. The van der Waals surface area contributed by atoms with E-state index < -0.39 is 0 Å². The lowest BCUT2D eigenvalue weighted by molar-refractivity contribution is 0.00578. The van der Waals surface area contributed by atoms with Gasteiger partial charge in [0.2, 0.25) is 0 Å². The van der Waals surface area contributed by atoms with E-state index in [1.165, 1.54) is 0 Å². The van der Waals surface area contributed by atoms with Crippen LogP contribution in [0, 0.1) is 0 Å². The number of para-hydroxylation sites is 1. The van der Waals surface area contributed by atoms with E-state index in [1.807, 2.05) is 58.0 Å². The van der Waals surface area contributed by atoms with Gasteiger partial charge in [0.15, 0.2) is 0 Å². The molecule has 1 heterocycles. The Morgan fingerprint density at radius 1 is 0.857 bits per heavy atom. The summed E-state index contributed by atoms with van der Waals surface area (Å²) in [5.74, 6) is 0. The van der Waals surface area contributed by atoms with Crippen molar-refractivity contribution in [2.75, 3.05) is 5.73 Å². The number of hydrogen-bond donors (Lipinski definition) is 1. The lowest BCUT2D eigenvalue weighted by Gasteiger charge is -2.32. The van der Waals surface area contributed by atoms with Crippen LogP contribution in [0.4, 0.5) is 5.69 Å². The van der Waals surface area contributed by atoms with Crippen molar-refractivity contribution >= 4 is 93.6 Å². The normalized spacial score (nSPS) is 16.8. The van der Waals surface area contributed by atoms with Crippen LogP contribution in [-0.4, -0.2) is 18.3 Å². The number of anilines is 1. The molecule has 154 valence electrons. The summed E-state index contributed by atoms with van der Waals surface area (Å²) < 4.78 is 15.5. The van der Waals surface area contributed by atoms with E-state index in [9.17, 15) is 0 Å². The second-order valence-electron chi connectivity index (χ2n) is 7.02. The Kier molecular flexibility index (Phi) is 9.61. The molecule has 0 atom stereocenters. The van der Waals surface area contributed by atoms with Gasteiger partial charge in [-0.15, -0.1) is 0 Å². The lowest BCUT2D eigenvalue weighted by Crippen LogP contribution is -2.41. The molecule has 2 aromatic carbocycles. The Balaban J connectivity index is 0.000000332. The van der Waals surface area contributed by atoms with Crippen molar-refractivity contribution in [3.8, 4) is 0 Å². The van der Waals surface area contributed by atoms with E-state index in [1.54, 1.807) is 0 Å². The van der Waals surface area contributed by atoms with Gasteiger partial charge in [-0.2, -0.15) is 0 Å². The lowest BCUT2D eigenvalue weighted by atomic mass is 9.79. The molecular weight excluding hydrogens is 640 g/mol. The van der Waals surface area contributed by atoms with E-state index >= 15 is 0 Å². The molecule has 3 nitrogen and oxygen atoms in total. The van der Waals surface area contributed by atoms with E-state index in [0.29, 0.717) is 5.02 Å². The largest absolute Gasteiger partial charge is 0.494 e. The molecule has 0 spiro atoms. The molecular formula is C19H23BBr4ClNO2. The molecule has 0 unspecified atom stereocenters. The zero-order chi connectivity index (χ0) is 20.6. The van der Waals surface area contributed by atoms with Crippen molar-refractivity contribution in [2.45, 2.75) is 46.3 Å². The van der Waals surface area contributed by atoms with Gasteiger partial charge in [-0.05, 0) is 121 Å². The van der Waals surface area contributed by atoms with Crippen molar-refractivity contribution in [1.29, 1.82) is 0 Å². The Labute approximate surface area is 206 Å². The van der Waals surface area contributed by atoms with Crippen molar-refractivity contribution in [2.24, 2.45) is 0 Å². The summed E-state index contributed by atoms with van der Waals surface area (Å²) in [5.41, 5.74) is 6.60. The number of nitrogens with two attached hydrogens (primary N) is 1. The van der Waals surface area contributed by atoms with Gasteiger partial charge in [0.05, 0.1) is 21.9 Å². The summed E-state index contributed by atoms with van der Waals surface area (Å²) in [4.78, 5) is 0. The molecule has 2 aromatic rings. The first-order chi connectivity index (χ1) is 12.4. The number of hydrogen-bond acceptors (Lipinski definition) is 3. The van der Waals surface area contributed by atoms with E-state index in [0.717, 1.165) is 29.0 Å². The van der Waals surface area contributed by atoms with Gasteiger partial charge in [0, 0.05) is 17.9 Å². The molecule has 1 aliphatic rings. The smallest absolute Gasteiger partial charge is 0.399 e. The first-order valence-corrected chi connectivity index (χ1v) is 11.6. The fourth-order valence-electron chi connectivity index (χ4n) is 2.20. The average Bonchev–Trinajstić information content (AvgIpc) is 2.78. The van der Waals surface area contributed by atoms with Crippen molar-refractivity contribution in [3.05, 3.63) is 53.2 Å². The van der Waals surface area contributed by atoms with Crippen LogP contribution in [0.25, 0.3) is 0 Å². The maximum atomic E-state index is 6.09. The van der Waals surface area contributed by atoms with Crippen molar-refractivity contribution in [1.82, 2.24) is 0 Å². The Bertz CT molecular complexity index is 789. The van der Waals surface area contributed by atoms with Gasteiger partial charge in [-0.3, -0.25) is 0 Å². The number of halogens is 5. The van der Waals surface area contributed by atoms with Crippen LogP contribution in [0.5, 0.6) is 0 Å². The maximum Gasteiger partial charge on any atom is 0.494 e. The molecule has 0 aliphatic carbocycles. The number of nitrogen functional groups attached to an aromatic ring is 1. The van der Waals surface area contributed by atoms with Gasteiger partial charge in [0.25, 0.3) is 0 Å². The molecule has 3 rings (SSSR count). The third-order valence-corrected chi connectivity index (χ3v) is 8.03. The highest BCUT2D eigenvalue weighted by Crippen LogP contribution is 2.37. The fourth-order valence-corrected chi connectivity index (χ4v) is 4.53. The van der Waals surface area contributed by atoms with Crippen molar-refractivity contribution < 1.29 is 9.31 Å². The van der Waals surface area contributed by atoms with Crippen LogP contribution < -0.4 is 11.2 Å². The Morgan fingerprint density at radius 2 is 1.25 bits per heavy atom. The molecule has 0 saturated carbocycles. The van der Waals surface area contributed by atoms with Gasteiger partial charge in [0.1, 0.15) is 0 Å². The first kappa shape index (κ1) is 26.5. The summed E-state index contributed by atoms with van der Waals surface area (Å²) in [6, 6.07) is 9.58. The van der Waals surface area contributed by atoms with E-state index in [4.69, 9.17) is 26.6 Å². The summed E-state index contributed by atoms with van der Waals surface area (Å²) in [6.07, 6.45) is 0. The Hall–Kier alpha value is 0.435. The average molecular weight is 663 g/mol. The minimum absolute atomic E-state index is 0. The molecule has 2 N–H and O–H groups in total. The monoisotopic (exact) mass is 659 g/mol. The highest BCUT2D eigenvalue weighted by atomic mass is 79.9. The molecule has 28 heavy (non-hydrogen) atoms. The molecule has 1 fully saturated rings. The van der Waals surface area contributed by atoms with Crippen LogP contribution in [0.2, 0.25) is 5.02 Å². The number of rotatable bonds is 1. The summed E-state index contributed by atoms with van der Waals surface area (Å²) in [5, 5.41) is 0.648. The van der Waals surface area contributed by atoms with Gasteiger partial charge in [-0.25, -0.2) is 0 Å². The fraction of sp³-hybridized carbons (Fsp3) is 0.368. The van der Waals surface area contributed by atoms with E-state index in [-0.39, 0.29) is 25.7 Å². The molecule has 9 heteroatoms. The Morgan fingerprint density at radius 3 is 1.61 bits per heavy atom. The number of benzene rings is 2. The standard InChI is InChI=1S/C12H14BBr2ClO2.C6H5Br2N.CH4/c1-11(2)12(3,4)18-13(17-11)7-5-8(14)10(16)9(15)6-7;7-4-2-1-3-5(8)6(4)9;/h5-6H,1-4H3;1-3H,9H2;1H4. The predicted molar refractivity (Wildman–Crippen MR) is 136 cm³/mol. The van der Waals surface area contributed by atoms with Crippen LogP contribution in [0.1, 0.15) is 35.1 Å². The molecule has 0 bridgehead atoms. The highest BCUT2D eigenvalue weighted by Gasteiger charge is 2.51. The topological polar surface area (TPSA) is 44.5 Å².